The van der Waals surface area contributed by atoms with Gasteiger partial charge in [0.25, 0.3) is 0 Å². The van der Waals surface area contributed by atoms with Gasteiger partial charge in [0.1, 0.15) is 0 Å². The molecule has 1 aliphatic rings. The van der Waals surface area contributed by atoms with Crippen LogP contribution in [0.2, 0.25) is 0 Å². The lowest BCUT2D eigenvalue weighted by atomic mass is 10.0. The molecule has 2 nitrogen and oxygen atoms in total. The van der Waals surface area contributed by atoms with Gasteiger partial charge in [0.15, 0.2) is 5.78 Å². The van der Waals surface area contributed by atoms with Gasteiger partial charge < -0.3 is 4.90 Å². The van der Waals surface area contributed by atoms with Crippen molar-refractivity contribution in [2.24, 2.45) is 0 Å². The quantitative estimate of drug-likeness (QED) is 0.751. The summed E-state index contributed by atoms with van der Waals surface area (Å²) >= 11 is 0. The number of rotatable bonds is 5. The minimum Gasteiger partial charge on any atom is -0.303 e. The van der Waals surface area contributed by atoms with Gasteiger partial charge in [0.05, 0.1) is 0 Å². The number of Topliss-reactive ketones (excluding diaryl/α,β-unsaturated/α-hetero) is 1. The summed E-state index contributed by atoms with van der Waals surface area (Å²) in [6.07, 6.45) is 5.93. The maximum absolute atomic E-state index is 12.2. The number of nitrogens with zero attached hydrogens (tertiary/aromatic N) is 1. The highest BCUT2D eigenvalue weighted by atomic mass is 16.1. The van der Waals surface area contributed by atoms with Crippen LogP contribution < -0.4 is 0 Å². The van der Waals surface area contributed by atoms with Crippen LogP contribution in [0.4, 0.5) is 0 Å². The van der Waals surface area contributed by atoms with E-state index in [2.05, 4.69) is 31.9 Å². The van der Waals surface area contributed by atoms with Crippen molar-refractivity contribution in [3.8, 4) is 0 Å². The van der Waals surface area contributed by atoms with E-state index in [9.17, 15) is 4.79 Å². The third-order valence-corrected chi connectivity index (χ3v) is 4.18. The first-order chi connectivity index (χ1) is 9.06. The molecule has 1 aliphatic carbocycles. The molecular formula is C17H25NO. The number of carbonyl (C=O) groups excluding carboxylic acids is 1. The second kappa shape index (κ2) is 6.33. The molecule has 0 radical (unpaired) electrons. The van der Waals surface area contributed by atoms with Gasteiger partial charge >= 0.3 is 0 Å². The number of ketones is 1. The zero-order chi connectivity index (χ0) is 13.8. The molecule has 0 aromatic heterocycles. The molecule has 0 amide bonds. The van der Waals surface area contributed by atoms with Crippen LogP contribution in [0.5, 0.6) is 0 Å². The molecule has 0 aliphatic heterocycles. The number of carbonyl (C=O) groups is 1. The Balaban J connectivity index is 1.89. The van der Waals surface area contributed by atoms with Gasteiger partial charge in [-0.25, -0.2) is 0 Å². The Labute approximate surface area is 116 Å². The van der Waals surface area contributed by atoms with E-state index in [1.807, 2.05) is 12.1 Å². The first kappa shape index (κ1) is 14.3. The number of hydrogen-bond donors (Lipinski definition) is 0. The van der Waals surface area contributed by atoms with Gasteiger partial charge in [-0.15, -0.1) is 0 Å². The van der Waals surface area contributed by atoms with Gasteiger partial charge in [-0.05, 0) is 45.9 Å². The van der Waals surface area contributed by atoms with Crippen molar-refractivity contribution in [2.45, 2.75) is 52.0 Å². The van der Waals surface area contributed by atoms with Crippen molar-refractivity contribution >= 4 is 5.78 Å². The smallest absolute Gasteiger partial charge is 0.164 e. The number of benzene rings is 1. The number of aryl methyl sites for hydroxylation is 2. The van der Waals surface area contributed by atoms with Crippen LogP contribution in [-0.4, -0.2) is 30.3 Å². The summed E-state index contributed by atoms with van der Waals surface area (Å²) < 4.78 is 0. The van der Waals surface area contributed by atoms with Crippen molar-refractivity contribution in [3.63, 3.8) is 0 Å². The minimum atomic E-state index is 0.275. The average Bonchev–Trinajstić information content (AvgIpc) is 2.88. The molecule has 1 aromatic rings. The van der Waals surface area contributed by atoms with Crippen LogP contribution >= 0.6 is 0 Å². The Bertz CT molecular complexity index is 426. The molecule has 104 valence electrons. The van der Waals surface area contributed by atoms with E-state index in [0.717, 1.165) is 12.1 Å². The summed E-state index contributed by atoms with van der Waals surface area (Å²) in [5.41, 5.74) is 3.22. The van der Waals surface area contributed by atoms with E-state index >= 15 is 0 Å². The molecule has 0 heterocycles. The average molecular weight is 259 g/mol. The molecule has 2 heteroatoms. The second-order valence-electron chi connectivity index (χ2n) is 5.97. The molecule has 0 saturated heterocycles. The molecule has 2 rings (SSSR count). The van der Waals surface area contributed by atoms with E-state index in [4.69, 9.17) is 0 Å². The fourth-order valence-electron chi connectivity index (χ4n) is 3.09. The lowest BCUT2D eigenvalue weighted by molar-refractivity contribution is 0.0960. The van der Waals surface area contributed by atoms with Gasteiger partial charge in [0.2, 0.25) is 0 Å². The molecule has 0 atom stereocenters. The maximum atomic E-state index is 12.2. The fraction of sp³-hybridized carbons (Fsp3) is 0.588. The van der Waals surface area contributed by atoms with E-state index in [-0.39, 0.29) is 5.78 Å². The summed E-state index contributed by atoms with van der Waals surface area (Å²) in [6.45, 7) is 4.99. The Kier molecular flexibility index (Phi) is 4.76. The molecule has 0 bridgehead atoms. The van der Waals surface area contributed by atoms with Gasteiger partial charge in [-0.1, -0.05) is 30.0 Å². The Morgan fingerprint density at radius 2 is 1.74 bits per heavy atom. The van der Waals surface area contributed by atoms with E-state index in [1.54, 1.807) is 0 Å². The summed E-state index contributed by atoms with van der Waals surface area (Å²) in [5, 5.41) is 0. The highest BCUT2D eigenvalue weighted by Gasteiger charge is 2.20. The summed E-state index contributed by atoms with van der Waals surface area (Å²) in [4.78, 5) is 14.6. The van der Waals surface area contributed by atoms with Gasteiger partial charge in [-0.2, -0.15) is 0 Å². The first-order valence-corrected chi connectivity index (χ1v) is 7.38. The fourth-order valence-corrected chi connectivity index (χ4v) is 3.09. The molecule has 0 spiro atoms. The lowest BCUT2D eigenvalue weighted by Gasteiger charge is -2.23. The molecule has 0 N–H and O–H groups in total. The van der Waals surface area contributed by atoms with Crippen LogP contribution in [0, 0.1) is 13.8 Å². The Morgan fingerprint density at radius 1 is 1.16 bits per heavy atom. The third kappa shape index (κ3) is 3.90. The zero-order valence-corrected chi connectivity index (χ0v) is 12.4. The SMILES string of the molecule is Cc1cc(C)cc(C(=O)CCN(C)C2CCCC2)c1. The Morgan fingerprint density at radius 3 is 2.32 bits per heavy atom. The third-order valence-electron chi connectivity index (χ3n) is 4.18. The van der Waals surface area contributed by atoms with Crippen molar-refractivity contribution < 1.29 is 4.79 Å². The van der Waals surface area contributed by atoms with E-state index in [0.29, 0.717) is 12.5 Å². The molecule has 1 fully saturated rings. The predicted octanol–water partition coefficient (Wildman–Crippen LogP) is 3.75. The standard InChI is InChI=1S/C17H25NO/c1-13-10-14(2)12-15(11-13)17(19)8-9-18(3)16-6-4-5-7-16/h10-12,16H,4-9H2,1-3H3. The highest BCUT2D eigenvalue weighted by Crippen LogP contribution is 2.22. The minimum absolute atomic E-state index is 0.275. The largest absolute Gasteiger partial charge is 0.303 e. The summed E-state index contributed by atoms with van der Waals surface area (Å²) in [6, 6.07) is 6.82. The Hall–Kier alpha value is -1.15. The predicted molar refractivity (Wildman–Crippen MR) is 79.7 cm³/mol. The van der Waals surface area contributed by atoms with Crippen LogP contribution in [0.1, 0.15) is 53.6 Å². The topological polar surface area (TPSA) is 20.3 Å². The molecule has 0 unspecified atom stereocenters. The van der Waals surface area contributed by atoms with Crippen LogP contribution in [0.15, 0.2) is 18.2 Å². The molecule has 1 saturated carbocycles. The van der Waals surface area contributed by atoms with Crippen molar-refractivity contribution in [1.29, 1.82) is 0 Å². The second-order valence-corrected chi connectivity index (χ2v) is 5.97. The van der Waals surface area contributed by atoms with E-state index in [1.165, 1.54) is 36.8 Å². The highest BCUT2D eigenvalue weighted by molar-refractivity contribution is 5.96. The lowest BCUT2D eigenvalue weighted by Crippen LogP contribution is -2.31. The van der Waals surface area contributed by atoms with Crippen LogP contribution in [-0.2, 0) is 0 Å². The molecular weight excluding hydrogens is 234 g/mol. The maximum Gasteiger partial charge on any atom is 0.164 e. The van der Waals surface area contributed by atoms with Gasteiger partial charge in [-0.3, -0.25) is 4.79 Å². The number of hydrogen-bond acceptors (Lipinski definition) is 2. The van der Waals surface area contributed by atoms with Crippen LogP contribution in [0.25, 0.3) is 0 Å². The molecule has 19 heavy (non-hydrogen) atoms. The summed E-state index contributed by atoms with van der Waals surface area (Å²) in [7, 11) is 2.16. The van der Waals surface area contributed by atoms with Gasteiger partial charge in [0, 0.05) is 24.6 Å². The van der Waals surface area contributed by atoms with E-state index < -0.39 is 0 Å². The van der Waals surface area contributed by atoms with Crippen LogP contribution in [0.3, 0.4) is 0 Å². The first-order valence-electron chi connectivity index (χ1n) is 7.38. The van der Waals surface area contributed by atoms with Crippen molar-refractivity contribution in [3.05, 3.63) is 34.9 Å². The monoisotopic (exact) mass is 259 g/mol. The zero-order valence-electron chi connectivity index (χ0n) is 12.4. The van der Waals surface area contributed by atoms with Crippen molar-refractivity contribution in [1.82, 2.24) is 4.90 Å². The summed E-state index contributed by atoms with van der Waals surface area (Å²) in [5.74, 6) is 0.275. The molecule has 1 aromatic carbocycles. The normalized spacial score (nSPS) is 16.2. The van der Waals surface area contributed by atoms with Crippen molar-refractivity contribution in [2.75, 3.05) is 13.6 Å².